The van der Waals surface area contributed by atoms with Crippen LogP contribution in [0.5, 0.6) is 5.75 Å². The van der Waals surface area contributed by atoms with Gasteiger partial charge in [-0.15, -0.1) is 0 Å². The monoisotopic (exact) mass is 358 g/mol. The molecule has 0 saturated carbocycles. The van der Waals surface area contributed by atoms with Gasteiger partial charge in [0.1, 0.15) is 11.5 Å². The third kappa shape index (κ3) is 2.58. The van der Waals surface area contributed by atoms with E-state index in [1.54, 1.807) is 13.4 Å². The molecule has 0 saturated heterocycles. The average molecular weight is 360 g/mol. The zero-order valence-corrected chi connectivity index (χ0v) is 12.7. The molecule has 0 N–H and O–H groups in total. The highest BCUT2D eigenvalue weighted by Gasteiger charge is 2.18. The van der Waals surface area contributed by atoms with Crippen LogP contribution in [-0.2, 0) is 0 Å². The second-order valence-corrected chi connectivity index (χ2v) is 5.49. The molecule has 1 aromatic carbocycles. The summed E-state index contributed by atoms with van der Waals surface area (Å²) in [6, 6.07) is 7.86. The number of methoxy groups -OCH3 is 1. The van der Waals surface area contributed by atoms with Crippen molar-refractivity contribution in [2.24, 2.45) is 0 Å². The Hall–Kier alpha value is -0.740. The largest absolute Gasteiger partial charge is 0.497 e. The lowest BCUT2D eigenvalue weighted by Gasteiger charge is -2.12. The first-order chi connectivity index (χ1) is 8.13. The predicted octanol–water partition coefficient (Wildman–Crippen LogP) is 4.84. The number of alkyl halides is 1. The molecule has 0 radical (unpaired) electrons. The molecule has 2 nitrogen and oxygen atoms in total. The molecule has 90 valence electrons. The fourth-order valence-corrected chi connectivity index (χ4v) is 3.39. The Kier molecular flexibility index (Phi) is 3.94. The summed E-state index contributed by atoms with van der Waals surface area (Å²) in [4.78, 5) is 0.0396. The lowest BCUT2D eigenvalue weighted by Crippen LogP contribution is -1.95. The van der Waals surface area contributed by atoms with Crippen molar-refractivity contribution in [2.75, 3.05) is 7.11 Å². The molecule has 0 aliphatic rings. The van der Waals surface area contributed by atoms with Gasteiger partial charge in [-0.2, -0.15) is 0 Å². The van der Waals surface area contributed by atoms with Crippen molar-refractivity contribution in [3.63, 3.8) is 0 Å². The molecule has 0 aliphatic carbocycles. The average Bonchev–Trinajstić information content (AvgIpc) is 2.74. The summed E-state index contributed by atoms with van der Waals surface area (Å²) in [7, 11) is 1.66. The Morgan fingerprint density at radius 3 is 2.59 bits per heavy atom. The Labute approximate surface area is 117 Å². The highest BCUT2D eigenvalue weighted by molar-refractivity contribution is 9.11. The zero-order valence-electron chi connectivity index (χ0n) is 9.54. The van der Waals surface area contributed by atoms with Crippen molar-refractivity contribution < 1.29 is 9.15 Å². The van der Waals surface area contributed by atoms with Gasteiger partial charge in [0.25, 0.3) is 0 Å². The van der Waals surface area contributed by atoms with Crippen LogP contribution in [0.15, 0.2) is 39.4 Å². The highest BCUT2D eigenvalue weighted by Crippen LogP contribution is 2.38. The number of halogens is 2. The van der Waals surface area contributed by atoms with Crippen LogP contribution in [0.2, 0.25) is 0 Å². The molecule has 0 fully saturated rings. The van der Waals surface area contributed by atoms with E-state index in [4.69, 9.17) is 9.15 Å². The molecule has 0 amide bonds. The van der Waals surface area contributed by atoms with Crippen LogP contribution in [0.4, 0.5) is 0 Å². The number of furan rings is 1. The van der Waals surface area contributed by atoms with Gasteiger partial charge < -0.3 is 9.15 Å². The SMILES string of the molecule is COc1ccc(C(Br)c2occc2C)c(Br)c1. The Morgan fingerprint density at radius 1 is 1.29 bits per heavy atom. The first-order valence-electron chi connectivity index (χ1n) is 5.15. The second kappa shape index (κ2) is 5.27. The molecule has 0 spiro atoms. The number of hydrogen-bond acceptors (Lipinski definition) is 2. The van der Waals surface area contributed by atoms with E-state index in [0.717, 1.165) is 27.1 Å². The van der Waals surface area contributed by atoms with Crippen molar-refractivity contribution in [3.05, 3.63) is 51.9 Å². The van der Waals surface area contributed by atoms with Gasteiger partial charge in [-0.3, -0.25) is 0 Å². The molecule has 2 aromatic rings. The fourth-order valence-electron chi connectivity index (χ4n) is 1.63. The molecule has 4 heteroatoms. The summed E-state index contributed by atoms with van der Waals surface area (Å²) in [5.41, 5.74) is 2.25. The lowest BCUT2D eigenvalue weighted by molar-refractivity contribution is 0.414. The summed E-state index contributed by atoms with van der Waals surface area (Å²) in [5.74, 6) is 1.76. The summed E-state index contributed by atoms with van der Waals surface area (Å²) in [6.07, 6.45) is 1.70. The standard InChI is InChI=1S/C13H12Br2O2/c1-8-5-6-17-13(8)12(15)10-4-3-9(16-2)7-11(10)14/h3-7,12H,1-2H3. The van der Waals surface area contributed by atoms with Gasteiger partial charge >= 0.3 is 0 Å². The van der Waals surface area contributed by atoms with E-state index in [1.165, 1.54) is 0 Å². The van der Waals surface area contributed by atoms with Crippen LogP contribution < -0.4 is 4.74 Å². The van der Waals surface area contributed by atoms with E-state index >= 15 is 0 Å². The van der Waals surface area contributed by atoms with Gasteiger partial charge in [-0.25, -0.2) is 0 Å². The topological polar surface area (TPSA) is 22.4 Å². The minimum atomic E-state index is 0.0396. The fraction of sp³-hybridized carbons (Fsp3) is 0.231. The van der Waals surface area contributed by atoms with Gasteiger partial charge in [0.05, 0.1) is 18.2 Å². The summed E-state index contributed by atoms with van der Waals surface area (Å²) < 4.78 is 11.7. The normalized spacial score (nSPS) is 12.5. The first kappa shape index (κ1) is 12.7. The number of rotatable bonds is 3. The van der Waals surface area contributed by atoms with Crippen molar-refractivity contribution >= 4 is 31.9 Å². The molecule has 2 rings (SSSR count). The van der Waals surface area contributed by atoms with Gasteiger partial charge in [0.15, 0.2) is 0 Å². The molecule has 1 aromatic heterocycles. The van der Waals surface area contributed by atoms with Crippen molar-refractivity contribution in [1.29, 1.82) is 0 Å². The minimum Gasteiger partial charge on any atom is -0.497 e. The van der Waals surface area contributed by atoms with E-state index in [1.807, 2.05) is 31.2 Å². The van der Waals surface area contributed by atoms with Gasteiger partial charge in [-0.1, -0.05) is 37.9 Å². The smallest absolute Gasteiger partial charge is 0.124 e. The van der Waals surface area contributed by atoms with Gasteiger partial charge in [-0.05, 0) is 36.2 Å². The third-order valence-corrected chi connectivity index (χ3v) is 4.21. The highest BCUT2D eigenvalue weighted by atomic mass is 79.9. The van der Waals surface area contributed by atoms with Crippen molar-refractivity contribution in [2.45, 2.75) is 11.8 Å². The predicted molar refractivity (Wildman–Crippen MR) is 74.9 cm³/mol. The zero-order chi connectivity index (χ0) is 12.4. The Bertz CT molecular complexity index is 520. The summed E-state index contributed by atoms with van der Waals surface area (Å²) in [6.45, 7) is 2.03. The number of benzene rings is 1. The van der Waals surface area contributed by atoms with Crippen LogP contribution >= 0.6 is 31.9 Å². The van der Waals surface area contributed by atoms with Crippen LogP contribution in [0.1, 0.15) is 21.7 Å². The molecule has 1 unspecified atom stereocenters. The van der Waals surface area contributed by atoms with Crippen LogP contribution in [0.3, 0.4) is 0 Å². The quantitative estimate of drug-likeness (QED) is 0.731. The third-order valence-electron chi connectivity index (χ3n) is 2.61. The maximum atomic E-state index is 5.49. The molecule has 1 atom stereocenters. The molecular formula is C13H12Br2O2. The van der Waals surface area contributed by atoms with E-state index in [2.05, 4.69) is 31.9 Å². The van der Waals surface area contributed by atoms with Crippen molar-refractivity contribution in [1.82, 2.24) is 0 Å². The van der Waals surface area contributed by atoms with E-state index in [-0.39, 0.29) is 4.83 Å². The maximum absolute atomic E-state index is 5.49. The van der Waals surface area contributed by atoms with Crippen LogP contribution in [-0.4, -0.2) is 7.11 Å². The number of aryl methyl sites for hydroxylation is 1. The summed E-state index contributed by atoms with van der Waals surface area (Å²) >= 11 is 7.20. The minimum absolute atomic E-state index is 0.0396. The van der Waals surface area contributed by atoms with Crippen LogP contribution in [0, 0.1) is 6.92 Å². The van der Waals surface area contributed by atoms with Crippen molar-refractivity contribution in [3.8, 4) is 5.75 Å². The number of ether oxygens (including phenoxy) is 1. The van der Waals surface area contributed by atoms with E-state index in [9.17, 15) is 0 Å². The molecule has 0 bridgehead atoms. The molecule has 0 aliphatic heterocycles. The number of hydrogen-bond donors (Lipinski definition) is 0. The molecule has 17 heavy (non-hydrogen) atoms. The molecular weight excluding hydrogens is 348 g/mol. The second-order valence-electron chi connectivity index (χ2n) is 3.72. The van der Waals surface area contributed by atoms with Crippen LogP contribution in [0.25, 0.3) is 0 Å². The maximum Gasteiger partial charge on any atom is 0.124 e. The first-order valence-corrected chi connectivity index (χ1v) is 6.86. The Morgan fingerprint density at radius 2 is 2.06 bits per heavy atom. The summed E-state index contributed by atoms with van der Waals surface area (Å²) in [5, 5.41) is 0. The van der Waals surface area contributed by atoms with Gasteiger partial charge in [0.2, 0.25) is 0 Å². The Balaban J connectivity index is 2.38. The van der Waals surface area contributed by atoms with E-state index < -0.39 is 0 Å². The molecule has 1 heterocycles. The van der Waals surface area contributed by atoms with Gasteiger partial charge in [0, 0.05) is 4.47 Å². The lowest BCUT2D eigenvalue weighted by atomic mass is 10.1. The van der Waals surface area contributed by atoms with E-state index in [0.29, 0.717) is 0 Å².